The van der Waals surface area contributed by atoms with Crippen LogP contribution in [0.3, 0.4) is 0 Å². The molecule has 8 nitrogen and oxygen atoms in total. The molecule has 0 radical (unpaired) electrons. The lowest BCUT2D eigenvalue weighted by atomic mass is 10.0. The van der Waals surface area contributed by atoms with Gasteiger partial charge in [0.1, 0.15) is 5.75 Å². The monoisotopic (exact) mass is 545 g/mol. The Morgan fingerprint density at radius 1 is 1.10 bits per heavy atom. The van der Waals surface area contributed by atoms with Crippen molar-refractivity contribution in [2.24, 2.45) is 4.99 Å². The van der Waals surface area contributed by atoms with Crippen molar-refractivity contribution in [3.63, 3.8) is 0 Å². The highest BCUT2D eigenvalue weighted by Crippen LogP contribution is 2.31. The minimum Gasteiger partial charge on any atom is -0.496 e. The van der Waals surface area contributed by atoms with E-state index >= 15 is 0 Å². The van der Waals surface area contributed by atoms with Gasteiger partial charge in [0.25, 0.3) is 0 Å². The molecular formula is C22H36IN5O3. The molecule has 0 bridgehead atoms. The van der Waals surface area contributed by atoms with Gasteiger partial charge in [0.05, 0.1) is 19.8 Å². The smallest absolute Gasteiger partial charge is 0.409 e. The Balaban J connectivity index is 0.00000341. The van der Waals surface area contributed by atoms with Crippen molar-refractivity contribution < 1.29 is 14.3 Å². The van der Waals surface area contributed by atoms with Gasteiger partial charge in [-0.15, -0.1) is 24.0 Å². The molecule has 2 aliphatic heterocycles. The van der Waals surface area contributed by atoms with E-state index in [9.17, 15) is 4.79 Å². The van der Waals surface area contributed by atoms with Gasteiger partial charge in [0, 0.05) is 45.3 Å². The number of likely N-dealkylation sites (tertiary alicyclic amines) is 1. The molecule has 2 heterocycles. The third-order valence-electron chi connectivity index (χ3n) is 5.85. The van der Waals surface area contributed by atoms with E-state index < -0.39 is 0 Å². The first-order valence-electron chi connectivity index (χ1n) is 10.9. The number of aliphatic imine (C=N–C) groups is 1. The van der Waals surface area contributed by atoms with Crippen LogP contribution in [0.5, 0.6) is 5.75 Å². The number of nitrogens with one attached hydrogen (secondary N) is 1. The van der Waals surface area contributed by atoms with E-state index in [1.165, 1.54) is 18.4 Å². The van der Waals surface area contributed by atoms with Crippen LogP contribution in [0.1, 0.15) is 31.4 Å². The lowest BCUT2D eigenvalue weighted by Gasteiger charge is -2.37. The standard InChI is InChI=1S/C22H35N5O3.HI/c1-4-30-22(28)27-15-13-26(14-16-27)21(23-2)24-17-19(25-11-7-8-12-25)18-9-5-6-10-20(18)29-3;/h5-6,9-10,19H,4,7-8,11-17H2,1-3H3,(H,23,24);1H. The van der Waals surface area contributed by atoms with Crippen LogP contribution < -0.4 is 10.1 Å². The maximum atomic E-state index is 11.9. The summed E-state index contributed by atoms with van der Waals surface area (Å²) in [6.07, 6.45) is 2.23. The van der Waals surface area contributed by atoms with Gasteiger partial charge in [-0.25, -0.2) is 4.79 Å². The number of piperazine rings is 1. The van der Waals surface area contributed by atoms with Crippen molar-refractivity contribution in [3.8, 4) is 5.75 Å². The van der Waals surface area contributed by atoms with Crippen LogP contribution >= 0.6 is 24.0 Å². The molecule has 31 heavy (non-hydrogen) atoms. The molecule has 174 valence electrons. The van der Waals surface area contributed by atoms with Gasteiger partial charge in [-0.3, -0.25) is 9.89 Å². The number of rotatable bonds is 6. The van der Waals surface area contributed by atoms with E-state index in [4.69, 9.17) is 9.47 Å². The van der Waals surface area contributed by atoms with Crippen molar-refractivity contribution in [1.82, 2.24) is 20.0 Å². The first kappa shape index (κ1) is 25.5. The maximum absolute atomic E-state index is 11.9. The van der Waals surface area contributed by atoms with Gasteiger partial charge < -0.3 is 24.6 Å². The van der Waals surface area contributed by atoms with E-state index in [1.807, 2.05) is 26.1 Å². The number of hydrogen-bond donors (Lipinski definition) is 1. The Morgan fingerprint density at radius 3 is 2.35 bits per heavy atom. The van der Waals surface area contributed by atoms with Crippen LogP contribution in [0.4, 0.5) is 4.79 Å². The van der Waals surface area contributed by atoms with Gasteiger partial charge in [-0.1, -0.05) is 18.2 Å². The van der Waals surface area contributed by atoms with Gasteiger partial charge >= 0.3 is 6.09 Å². The third kappa shape index (κ3) is 6.61. The molecule has 0 saturated carbocycles. The summed E-state index contributed by atoms with van der Waals surface area (Å²) >= 11 is 0. The number of ether oxygens (including phenoxy) is 2. The third-order valence-corrected chi connectivity index (χ3v) is 5.85. The van der Waals surface area contributed by atoms with Crippen molar-refractivity contribution in [2.75, 3.05) is 66.6 Å². The van der Waals surface area contributed by atoms with E-state index in [-0.39, 0.29) is 36.1 Å². The number of carbonyl (C=O) groups is 1. The molecule has 2 saturated heterocycles. The Morgan fingerprint density at radius 2 is 1.74 bits per heavy atom. The minimum absolute atomic E-state index is 0. The number of para-hydroxylation sites is 1. The summed E-state index contributed by atoms with van der Waals surface area (Å²) < 4.78 is 10.8. The SMILES string of the molecule is CCOC(=O)N1CCN(C(=NC)NCC(c2ccccc2OC)N2CCCC2)CC1.I. The average Bonchev–Trinajstić information content (AvgIpc) is 3.32. The molecule has 1 amide bonds. The topological polar surface area (TPSA) is 69.6 Å². The van der Waals surface area contributed by atoms with Crippen LogP contribution in [0, 0.1) is 0 Å². The molecular weight excluding hydrogens is 509 g/mol. The van der Waals surface area contributed by atoms with E-state index in [0.717, 1.165) is 44.4 Å². The zero-order chi connectivity index (χ0) is 21.3. The Labute approximate surface area is 203 Å². The lowest BCUT2D eigenvalue weighted by molar-refractivity contribution is 0.0913. The van der Waals surface area contributed by atoms with Crippen molar-refractivity contribution >= 4 is 36.0 Å². The second-order valence-electron chi connectivity index (χ2n) is 7.60. The Kier molecular flexibility index (Phi) is 10.7. The molecule has 3 rings (SSSR count). The molecule has 1 atom stereocenters. The van der Waals surface area contributed by atoms with Crippen LogP contribution in [-0.2, 0) is 4.74 Å². The zero-order valence-corrected chi connectivity index (χ0v) is 21.2. The number of halogens is 1. The molecule has 1 N–H and O–H groups in total. The summed E-state index contributed by atoms with van der Waals surface area (Å²) in [5.41, 5.74) is 1.21. The highest BCUT2D eigenvalue weighted by Gasteiger charge is 2.28. The predicted molar refractivity (Wildman–Crippen MR) is 133 cm³/mol. The van der Waals surface area contributed by atoms with E-state index in [2.05, 4.69) is 32.2 Å². The van der Waals surface area contributed by atoms with Gasteiger partial charge in [-0.2, -0.15) is 0 Å². The number of nitrogens with zero attached hydrogens (tertiary/aromatic N) is 4. The molecule has 0 aromatic heterocycles. The number of carbonyl (C=O) groups excluding carboxylic acids is 1. The van der Waals surface area contributed by atoms with Crippen molar-refractivity contribution in [2.45, 2.75) is 25.8 Å². The number of methoxy groups -OCH3 is 1. The van der Waals surface area contributed by atoms with Crippen molar-refractivity contribution in [3.05, 3.63) is 29.8 Å². The predicted octanol–water partition coefficient (Wildman–Crippen LogP) is 2.80. The summed E-state index contributed by atoms with van der Waals surface area (Å²) in [5, 5.41) is 3.58. The highest BCUT2D eigenvalue weighted by atomic mass is 127. The normalized spacial score (nSPS) is 18.4. The molecule has 1 unspecified atom stereocenters. The van der Waals surface area contributed by atoms with Gasteiger partial charge in [0.2, 0.25) is 0 Å². The fraction of sp³-hybridized carbons (Fsp3) is 0.636. The van der Waals surface area contributed by atoms with Crippen LogP contribution in [0.2, 0.25) is 0 Å². The van der Waals surface area contributed by atoms with Crippen LogP contribution in [0.25, 0.3) is 0 Å². The fourth-order valence-corrected chi connectivity index (χ4v) is 4.27. The lowest BCUT2D eigenvalue weighted by Crippen LogP contribution is -2.54. The number of benzene rings is 1. The van der Waals surface area contributed by atoms with E-state index in [0.29, 0.717) is 19.7 Å². The van der Waals surface area contributed by atoms with Crippen LogP contribution in [-0.4, -0.2) is 93.3 Å². The summed E-state index contributed by atoms with van der Waals surface area (Å²) in [6, 6.07) is 8.50. The molecule has 9 heteroatoms. The molecule has 1 aromatic rings. The summed E-state index contributed by atoms with van der Waals surface area (Å²) in [7, 11) is 3.54. The fourth-order valence-electron chi connectivity index (χ4n) is 4.27. The minimum atomic E-state index is -0.231. The first-order chi connectivity index (χ1) is 14.7. The van der Waals surface area contributed by atoms with Crippen molar-refractivity contribution in [1.29, 1.82) is 0 Å². The highest BCUT2D eigenvalue weighted by molar-refractivity contribution is 14.0. The molecule has 0 spiro atoms. The number of amides is 1. The van der Waals surface area contributed by atoms with Crippen LogP contribution in [0.15, 0.2) is 29.3 Å². The maximum Gasteiger partial charge on any atom is 0.409 e. The first-order valence-corrected chi connectivity index (χ1v) is 10.9. The summed E-state index contributed by atoms with van der Waals surface area (Å²) in [6.45, 7) is 7.95. The van der Waals surface area contributed by atoms with Gasteiger partial charge in [0.15, 0.2) is 5.96 Å². The molecule has 2 fully saturated rings. The van der Waals surface area contributed by atoms with Gasteiger partial charge in [-0.05, 0) is 38.9 Å². The molecule has 2 aliphatic rings. The number of hydrogen-bond acceptors (Lipinski definition) is 5. The summed E-state index contributed by atoms with van der Waals surface area (Å²) in [5.74, 6) is 1.80. The second kappa shape index (κ2) is 12.9. The quantitative estimate of drug-likeness (QED) is 0.337. The zero-order valence-electron chi connectivity index (χ0n) is 18.9. The Bertz CT molecular complexity index is 719. The number of guanidine groups is 1. The Hall–Kier alpha value is -1.75. The average molecular weight is 545 g/mol. The second-order valence-corrected chi connectivity index (χ2v) is 7.60. The largest absolute Gasteiger partial charge is 0.496 e. The summed E-state index contributed by atoms with van der Waals surface area (Å²) in [4.78, 5) is 22.9. The molecule has 0 aliphatic carbocycles. The van der Waals surface area contributed by atoms with E-state index in [1.54, 1.807) is 12.0 Å². The molecule has 1 aromatic carbocycles.